The Bertz CT molecular complexity index is 838. The quantitative estimate of drug-likeness (QED) is 0.609. The maximum absolute atomic E-state index is 12.4. The number of hydrogen-bond acceptors (Lipinski definition) is 5. The van der Waals surface area contributed by atoms with Crippen LogP contribution in [-0.2, 0) is 28.0 Å². The predicted molar refractivity (Wildman–Crippen MR) is 117 cm³/mol. The molecule has 0 bridgehead atoms. The molecule has 3 N–H and O–H groups in total. The van der Waals surface area contributed by atoms with Crippen LogP contribution in [0.15, 0.2) is 29.4 Å². The molecule has 1 aromatic heterocycles. The van der Waals surface area contributed by atoms with Crippen molar-refractivity contribution in [3.05, 3.63) is 35.7 Å². The number of amides is 2. The molecular weight excluding hydrogens is 386 g/mol. The van der Waals surface area contributed by atoms with E-state index < -0.39 is 0 Å². The number of carbonyl (C=O) groups excluding carboxylic acids is 2. The van der Waals surface area contributed by atoms with Crippen LogP contribution < -0.4 is 11.1 Å². The first-order valence-corrected chi connectivity index (χ1v) is 10.8. The summed E-state index contributed by atoms with van der Waals surface area (Å²) in [6, 6.07) is 7.92. The van der Waals surface area contributed by atoms with E-state index in [9.17, 15) is 9.59 Å². The van der Waals surface area contributed by atoms with Crippen LogP contribution in [0.1, 0.15) is 52.4 Å². The molecular formula is C21H31N5O2S. The molecule has 8 heteroatoms. The minimum Gasteiger partial charge on any atom is -0.370 e. The third-order valence-electron chi connectivity index (χ3n) is 4.30. The van der Waals surface area contributed by atoms with E-state index >= 15 is 0 Å². The fourth-order valence-corrected chi connectivity index (χ4v) is 3.54. The average Bonchev–Trinajstić information content (AvgIpc) is 2.99. The van der Waals surface area contributed by atoms with Crippen LogP contribution in [0.5, 0.6) is 0 Å². The lowest BCUT2D eigenvalue weighted by Gasteiger charge is -2.19. The van der Waals surface area contributed by atoms with Crippen LogP contribution in [0.25, 0.3) is 0 Å². The zero-order valence-corrected chi connectivity index (χ0v) is 18.7. The summed E-state index contributed by atoms with van der Waals surface area (Å²) in [4.78, 5) is 23.5. The molecule has 0 aliphatic heterocycles. The van der Waals surface area contributed by atoms with Crippen LogP contribution in [-0.4, -0.2) is 32.3 Å². The highest BCUT2D eigenvalue weighted by atomic mass is 32.2. The summed E-state index contributed by atoms with van der Waals surface area (Å²) in [7, 11) is 0. The van der Waals surface area contributed by atoms with Crippen molar-refractivity contribution >= 4 is 29.3 Å². The minimum absolute atomic E-state index is 0.0745. The second-order valence-corrected chi connectivity index (χ2v) is 9.48. The number of nitrogens with one attached hydrogen (secondary N) is 1. The van der Waals surface area contributed by atoms with E-state index in [1.807, 2.05) is 28.8 Å². The van der Waals surface area contributed by atoms with Crippen molar-refractivity contribution in [2.24, 2.45) is 11.7 Å². The number of rotatable bonds is 9. The van der Waals surface area contributed by atoms with E-state index in [2.05, 4.69) is 50.1 Å². The van der Waals surface area contributed by atoms with Gasteiger partial charge >= 0.3 is 0 Å². The fraction of sp³-hybridized carbons (Fsp3) is 0.524. The number of nitrogens with two attached hydrogens (primary N) is 1. The van der Waals surface area contributed by atoms with Crippen LogP contribution in [0.4, 0.5) is 5.69 Å². The molecule has 0 saturated heterocycles. The molecule has 0 aliphatic carbocycles. The molecule has 158 valence electrons. The standard InChI is InChI=1S/C21H31N5O2S/c1-14(2)12-26-18(11-10-17(22)27)24-25-20(26)29-13-19(28)23-16-8-6-15(7-9-16)21(3,4)5/h6-9,14H,10-13H2,1-5H3,(H2,22,27)(H,23,28). The van der Waals surface area contributed by atoms with Gasteiger partial charge in [0.2, 0.25) is 11.8 Å². The summed E-state index contributed by atoms with van der Waals surface area (Å²) >= 11 is 1.34. The van der Waals surface area contributed by atoms with Gasteiger partial charge in [0.15, 0.2) is 5.16 Å². The van der Waals surface area contributed by atoms with Crippen molar-refractivity contribution in [3.63, 3.8) is 0 Å². The van der Waals surface area contributed by atoms with E-state index in [1.165, 1.54) is 17.3 Å². The van der Waals surface area contributed by atoms with Gasteiger partial charge < -0.3 is 15.6 Å². The van der Waals surface area contributed by atoms with Crippen molar-refractivity contribution in [2.45, 2.75) is 64.6 Å². The first-order chi connectivity index (χ1) is 13.6. The molecule has 0 fully saturated rings. The lowest BCUT2D eigenvalue weighted by atomic mass is 9.87. The number of nitrogens with zero attached hydrogens (tertiary/aromatic N) is 3. The highest BCUT2D eigenvalue weighted by Gasteiger charge is 2.16. The van der Waals surface area contributed by atoms with Gasteiger partial charge in [-0.1, -0.05) is 58.5 Å². The predicted octanol–water partition coefficient (Wildman–Crippen LogP) is 3.38. The van der Waals surface area contributed by atoms with E-state index in [-0.39, 0.29) is 29.4 Å². The Hall–Kier alpha value is -2.35. The molecule has 0 radical (unpaired) electrons. The maximum atomic E-state index is 12.4. The van der Waals surface area contributed by atoms with Gasteiger partial charge in [0, 0.05) is 25.1 Å². The largest absolute Gasteiger partial charge is 0.370 e. The van der Waals surface area contributed by atoms with Gasteiger partial charge in [-0.3, -0.25) is 9.59 Å². The number of aryl methyl sites for hydroxylation is 1. The Kier molecular flexibility index (Phi) is 7.84. The number of primary amides is 1. The Morgan fingerprint density at radius 1 is 1.17 bits per heavy atom. The summed E-state index contributed by atoms with van der Waals surface area (Å²) in [5, 5.41) is 12.0. The van der Waals surface area contributed by atoms with Crippen LogP contribution in [0.2, 0.25) is 0 Å². The first kappa shape index (κ1) is 22.9. The molecule has 2 rings (SSSR count). The summed E-state index contributed by atoms with van der Waals surface area (Å²) in [6.07, 6.45) is 0.674. The fourth-order valence-electron chi connectivity index (χ4n) is 2.77. The van der Waals surface area contributed by atoms with Crippen LogP contribution in [0.3, 0.4) is 0 Å². The van der Waals surface area contributed by atoms with E-state index in [1.54, 1.807) is 0 Å². The number of benzene rings is 1. The molecule has 2 aromatic rings. The summed E-state index contributed by atoms with van der Waals surface area (Å²) in [5.74, 6) is 0.866. The Balaban J connectivity index is 1.99. The van der Waals surface area contributed by atoms with Crippen molar-refractivity contribution in [1.29, 1.82) is 0 Å². The summed E-state index contributed by atoms with van der Waals surface area (Å²) in [5.41, 5.74) is 7.31. The minimum atomic E-state index is -0.366. The normalized spacial score (nSPS) is 11.7. The van der Waals surface area contributed by atoms with E-state index in [0.717, 1.165) is 18.1 Å². The van der Waals surface area contributed by atoms with Crippen LogP contribution >= 0.6 is 11.8 Å². The molecule has 1 heterocycles. The Morgan fingerprint density at radius 3 is 2.38 bits per heavy atom. The van der Waals surface area contributed by atoms with E-state index in [0.29, 0.717) is 17.5 Å². The van der Waals surface area contributed by atoms with Gasteiger partial charge in [0.05, 0.1) is 5.75 Å². The molecule has 0 aliphatic rings. The van der Waals surface area contributed by atoms with Gasteiger partial charge in [0.25, 0.3) is 0 Å². The molecule has 7 nitrogen and oxygen atoms in total. The lowest BCUT2D eigenvalue weighted by Crippen LogP contribution is -2.17. The number of anilines is 1. The van der Waals surface area contributed by atoms with Gasteiger partial charge in [-0.25, -0.2) is 0 Å². The van der Waals surface area contributed by atoms with Gasteiger partial charge in [-0.15, -0.1) is 10.2 Å². The van der Waals surface area contributed by atoms with Gasteiger partial charge in [-0.05, 0) is 29.0 Å². The van der Waals surface area contributed by atoms with Gasteiger partial charge in [0.1, 0.15) is 5.82 Å². The lowest BCUT2D eigenvalue weighted by molar-refractivity contribution is -0.118. The topological polar surface area (TPSA) is 103 Å². The molecule has 0 saturated carbocycles. The third kappa shape index (κ3) is 7.20. The zero-order chi connectivity index (χ0) is 21.6. The molecule has 0 unspecified atom stereocenters. The number of aromatic nitrogens is 3. The third-order valence-corrected chi connectivity index (χ3v) is 5.27. The summed E-state index contributed by atoms with van der Waals surface area (Å²) in [6.45, 7) is 11.4. The highest BCUT2D eigenvalue weighted by molar-refractivity contribution is 7.99. The zero-order valence-electron chi connectivity index (χ0n) is 17.9. The van der Waals surface area contributed by atoms with Crippen molar-refractivity contribution in [1.82, 2.24) is 14.8 Å². The van der Waals surface area contributed by atoms with Crippen molar-refractivity contribution < 1.29 is 9.59 Å². The summed E-state index contributed by atoms with van der Waals surface area (Å²) < 4.78 is 1.98. The van der Waals surface area contributed by atoms with Crippen LogP contribution in [0, 0.1) is 5.92 Å². The maximum Gasteiger partial charge on any atom is 0.234 e. The highest BCUT2D eigenvalue weighted by Crippen LogP contribution is 2.24. The monoisotopic (exact) mass is 417 g/mol. The van der Waals surface area contributed by atoms with Crippen molar-refractivity contribution in [3.8, 4) is 0 Å². The molecule has 1 aromatic carbocycles. The SMILES string of the molecule is CC(C)Cn1c(CCC(N)=O)nnc1SCC(=O)Nc1ccc(C(C)(C)C)cc1. The Labute approximate surface area is 176 Å². The smallest absolute Gasteiger partial charge is 0.234 e. The first-order valence-electron chi connectivity index (χ1n) is 9.80. The Morgan fingerprint density at radius 2 is 1.83 bits per heavy atom. The van der Waals surface area contributed by atoms with E-state index in [4.69, 9.17) is 5.73 Å². The number of thioether (sulfide) groups is 1. The average molecular weight is 418 g/mol. The molecule has 0 atom stereocenters. The molecule has 29 heavy (non-hydrogen) atoms. The second kappa shape index (κ2) is 9.91. The second-order valence-electron chi connectivity index (χ2n) is 8.53. The molecule has 0 spiro atoms. The van der Waals surface area contributed by atoms with Crippen molar-refractivity contribution in [2.75, 3.05) is 11.1 Å². The molecule has 2 amide bonds. The van der Waals surface area contributed by atoms with Gasteiger partial charge in [-0.2, -0.15) is 0 Å². The number of carbonyl (C=O) groups is 2. The number of hydrogen-bond donors (Lipinski definition) is 2.